The molecule has 0 aliphatic rings. The third-order valence-corrected chi connectivity index (χ3v) is 2.73. The smallest absolute Gasteiger partial charge is 0.318 e. The first kappa shape index (κ1) is 16.5. The number of rotatable bonds is 6. The summed E-state index contributed by atoms with van der Waals surface area (Å²) in [7, 11) is 0. The van der Waals surface area contributed by atoms with Crippen LogP contribution in [0.3, 0.4) is 0 Å². The molecule has 0 spiro atoms. The average molecular weight is 291 g/mol. The van der Waals surface area contributed by atoms with Gasteiger partial charge in [-0.05, 0) is 44.2 Å². The Hall–Kier alpha value is -2.54. The van der Waals surface area contributed by atoms with E-state index in [2.05, 4.69) is 5.32 Å². The van der Waals surface area contributed by atoms with Gasteiger partial charge in [-0.25, -0.2) is 0 Å². The van der Waals surface area contributed by atoms with Crippen LogP contribution in [-0.4, -0.2) is 42.0 Å². The number of hydrogen-bond acceptors (Lipinski definition) is 5. The number of carbonyl (C=O) groups excluding carboxylic acids is 4. The van der Waals surface area contributed by atoms with Crippen LogP contribution in [0, 0.1) is 0 Å². The summed E-state index contributed by atoms with van der Waals surface area (Å²) >= 11 is 0. The average Bonchev–Trinajstić information content (AvgIpc) is 2.48. The number of imide groups is 1. The van der Waals surface area contributed by atoms with Crippen molar-refractivity contribution >= 4 is 29.7 Å². The summed E-state index contributed by atoms with van der Waals surface area (Å²) in [5.74, 6) is -1.97. The van der Waals surface area contributed by atoms with E-state index in [-0.39, 0.29) is 12.3 Å². The molecule has 0 saturated heterocycles. The summed E-state index contributed by atoms with van der Waals surface area (Å²) in [5, 5.41) is 2.37. The van der Waals surface area contributed by atoms with E-state index >= 15 is 0 Å². The normalized spacial score (nSPS) is 9.81. The summed E-state index contributed by atoms with van der Waals surface area (Å²) in [6.45, 7) is 1.83. The van der Waals surface area contributed by atoms with Crippen molar-refractivity contribution in [1.29, 1.82) is 0 Å². The van der Waals surface area contributed by atoms with Gasteiger partial charge in [0.2, 0.25) is 6.41 Å². The predicted molar refractivity (Wildman–Crippen MR) is 76.5 cm³/mol. The van der Waals surface area contributed by atoms with Crippen LogP contribution >= 0.6 is 0 Å². The standard InChI is InChI=1S/C14H17N3O4/c1-10(19)11-3-5-12(6-4-11)16-13(20)14(21)17(9-18)8-2-7-15/h3-6,9H,2,7-8,15H2,1H3,(H,16,20). The molecule has 0 saturated carbocycles. The number of benzene rings is 1. The topological polar surface area (TPSA) is 110 Å². The Morgan fingerprint density at radius 2 is 1.86 bits per heavy atom. The van der Waals surface area contributed by atoms with Crippen LogP contribution in [0.15, 0.2) is 24.3 Å². The van der Waals surface area contributed by atoms with E-state index in [0.717, 1.165) is 4.90 Å². The molecule has 0 bridgehead atoms. The van der Waals surface area contributed by atoms with E-state index in [0.29, 0.717) is 30.6 Å². The molecule has 0 aliphatic heterocycles. The molecule has 7 heteroatoms. The van der Waals surface area contributed by atoms with Crippen molar-refractivity contribution in [1.82, 2.24) is 4.90 Å². The zero-order valence-corrected chi connectivity index (χ0v) is 11.7. The third-order valence-electron chi connectivity index (χ3n) is 2.73. The summed E-state index contributed by atoms with van der Waals surface area (Å²) < 4.78 is 0. The second-order valence-corrected chi connectivity index (χ2v) is 4.33. The first-order valence-electron chi connectivity index (χ1n) is 6.38. The number of hydrogen-bond donors (Lipinski definition) is 2. The first-order valence-corrected chi connectivity index (χ1v) is 6.38. The summed E-state index contributed by atoms with van der Waals surface area (Å²) in [5.41, 5.74) is 6.15. The van der Waals surface area contributed by atoms with Gasteiger partial charge in [0.15, 0.2) is 5.78 Å². The van der Waals surface area contributed by atoms with Gasteiger partial charge in [0.05, 0.1) is 0 Å². The van der Waals surface area contributed by atoms with Crippen molar-refractivity contribution in [2.75, 3.05) is 18.4 Å². The molecule has 0 radical (unpaired) electrons. The highest BCUT2D eigenvalue weighted by Crippen LogP contribution is 2.10. The van der Waals surface area contributed by atoms with Crippen molar-refractivity contribution in [2.24, 2.45) is 5.73 Å². The minimum atomic E-state index is -0.950. The fourth-order valence-corrected chi connectivity index (χ4v) is 1.57. The second kappa shape index (κ2) is 7.91. The minimum Gasteiger partial charge on any atom is -0.330 e. The molecule has 21 heavy (non-hydrogen) atoms. The molecule has 0 heterocycles. The Bertz CT molecular complexity index is 540. The number of amides is 3. The SMILES string of the molecule is CC(=O)c1ccc(NC(=O)C(=O)N(C=O)CCCN)cc1. The molecule has 1 rings (SSSR count). The Labute approximate surface area is 122 Å². The fraction of sp³-hybridized carbons (Fsp3) is 0.286. The monoisotopic (exact) mass is 291 g/mol. The third kappa shape index (κ3) is 4.81. The van der Waals surface area contributed by atoms with E-state index in [1.807, 2.05) is 0 Å². The van der Waals surface area contributed by atoms with Crippen LogP contribution < -0.4 is 11.1 Å². The maximum Gasteiger partial charge on any atom is 0.318 e. The van der Waals surface area contributed by atoms with Crippen LogP contribution in [0.25, 0.3) is 0 Å². The van der Waals surface area contributed by atoms with E-state index < -0.39 is 11.8 Å². The fourth-order valence-electron chi connectivity index (χ4n) is 1.57. The lowest BCUT2D eigenvalue weighted by Gasteiger charge is -2.14. The van der Waals surface area contributed by atoms with E-state index in [1.165, 1.54) is 31.2 Å². The van der Waals surface area contributed by atoms with Gasteiger partial charge < -0.3 is 11.1 Å². The molecule has 3 amide bonds. The summed E-state index contributed by atoms with van der Waals surface area (Å²) in [6.07, 6.45) is 0.724. The Morgan fingerprint density at radius 1 is 1.24 bits per heavy atom. The highest BCUT2D eigenvalue weighted by Gasteiger charge is 2.21. The quantitative estimate of drug-likeness (QED) is 0.441. The molecule has 3 N–H and O–H groups in total. The van der Waals surface area contributed by atoms with Crippen LogP contribution in [0.1, 0.15) is 23.7 Å². The van der Waals surface area contributed by atoms with E-state index in [4.69, 9.17) is 5.73 Å². The number of anilines is 1. The molecule has 0 aliphatic carbocycles. The molecule has 1 aromatic carbocycles. The number of Topliss-reactive ketones (excluding diaryl/α,β-unsaturated/α-hetero) is 1. The maximum absolute atomic E-state index is 11.7. The number of carbonyl (C=O) groups is 4. The van der Waals surface area contributed by atoms with Gasteiger partial charge >= 0.3 is 11.8 Å². The Kier molecular flexibility index (Phi) is 6.22. The molecular weight excluding hydrogens is 274 g/mol. The van der Waals surface area contributed by atoms with Gasteiger partial charge in [-0.1, -0.05) is 0 Å². The molecule has 0 atom stereocenters. The van der Waals surface area contributed by atoms with Gasteiger partial charge in [-0.15, -0.1) is 0 Å². The van der Waals surface area contributed by atoms with E-state index in [1.54, 1.807) is 0 Å². The molecule has 7 nitrogen and oxygen atoms in total. The zero-order valence-electron chi connectivity index (χ0n) is 11.7. The lowest BCUT2D eigenvalue weighted by atomic mass is 10.1. The Morgan fingerprint density at radius 3 is 2.33 bits per heavy atom. The number of ketones is 1. The van der Waals surface area contributed by atoms with E-state index in [9.17, 15) is 19.2 Å². The van der Waals surface area contributed by atoms with Crippen molar-refractivity contribution in [3.63, 3.8) is 0 Å². The highest BCUT2D eigenvalue weighted by atomic mass is 16.2. The van der Waals surface area contributed by atoms with Gasteiger partial charge in [0.25, 0.3) is 0 Å². The molecule has 0 unspecified atom stereocenters. The lowest BCUT2D eigenvalue weighted by molar-refractivity contribution is -0.146. The summed E-state index contributed by atoms with van der Waals surface area (Å²) in [4.78, 5) is 46.1. The van der Waals surface area contributed by atoms with Crippen LogP contribution in [-0.2, 0) is 14.4 Å². The van der Waals surface area contributed by atoms with Crippen molar-refractivity contribution < 1.29 is 19.2 Å². The first-order chi connectivity index (χ1) is 9.99. The second-order valence-electron chi connectivity index (χ2n) is 4.33. The summed E-state index contributed by atoms with van der Waals surface area (Å²) in [6, 6.07) is 6.09. The lowest BCUT2D eigenvalue weighted by Crippen LogP contribution is -2.39. The van der Waals surface area contributed by atoms with Crippen molar-refractivity contribution in [3.8, 4) is 0 Å². The molecular formula is C14H17N3O4. The number of nitrogens with one attached hydrogen (secondary N) is 1. The Balaban J connectivity index is 2.68. The molecule has 0 fully saturated rings. The molecule has 0 aromatic heterocycles. The van der Waals surface area contributed by atoms with Gasteiger partial charge in [-0.2, -0.15) is 0 Å². The molecule has 1 aromatic rings. The van der Waals surface area contributed by atoms with Crippen LogP contribution in [0.2, 0.25) is 0 Å². The van der Waals surface area contributed by atoms with Gasteiger partial charge in [0.1, 0.15) is 0 Å². The maximum atomic E-state index is 11.7. The minimum absolute atomic E-state index is 0.0928. The molecule has 112 valence electrons. The largest absolute Gasteiger partial charge is 0.330 e. The van der Waals surface area contributed by atoms with Crippen LogP contribution in [0.4, 0.5) is 5.69 Å². The zero-order chi connectivity index (χ0) is 15.8. The number of nitrogens with two attached hydrogens (primary N) is 1. The van der Waals surface area contributed by atoms with Gasteiger partial charge in [0, 0.05) is 17.8 Å². The predicted octanol–water partition coefficient (Wildman–Crippen LogP) is 0.162. The van der Waals surface area contributed by atoms with Crippen LogP contribution in [0.5, 0.6) is 0 Å². The van der Waals surface area contributed by atoms with Gasteiger partial charge in [-0.3, -0.25) is 24.1 Å². The number of nitrogens with zero attached hydrogens (tertiary/aromatic N) is 1. The van der Waals surface area contributed by atoms with Crippen molar-refractivity contribution in [3.05, 3.63) is 29.8 Å². The van der Waals surface area contributed by atoms with Crippen molar-refractivity contribution in [2.45, 2.75) is 13.3 Å². The highest BCUT2D eigenvalue weighted by molar-refractivity contribution is 6.41.